The first-order valence-electron chi connectivity index (χ1n) is 20.8. The zero-order chi connectivity index (χ0) is 45.6. The lowest BCUT2D eigenvalue weighted by Crippen LogP contribution is -2.48. The molecular formula is C48H46ClFN6O8S. The van der Waals surface area contributed by atoms with Crippen molar-refractivity contribution in [1.82, 2.24) is 29.7 Å². The Labute approximate surface area is 383 Å². The van der Waals surface area contributed by atoms with Gasteiger partial charge in [-0.3, -0.25) is 4.90 Å². The lowest BCUT2D eigenvalue weighted by molar-refractivity contribution is -0.145. The number of carbonyl (C=O) groups is 1. The highest BCUT2D eigenvalue weighted by molar-refractivity contribution is 7.22. The molecule has 65 heavy (non-hydrogen) atoms. The van der Waals surface area contributed by atoms with Crippen LogP contribution in [0.5, 0.6) is 28.9 Å². The number of hydrogen-bond acceptors (Lipinski definition) is 14. The molecule has 8 rings (SSSR count). The number of carboxylic acids is 1. The highest BCUT2D eigenvalue weighted by Gasteiger charge is 2.29. The average molecular weight is 921 g/mol. The minimum atomic E-state index is -1.52. The molecule has 0 bridgehead atoms. The number of aromatic hydroxyl groups is 1. The second-order valence-electron chi connectivity index (χ2n) is 15.6. The van der Waals surface area contributed by atoms with Crippen LogP contribution in [0, 0.1) is 12.7 Å². The first kappa shape index (κ1) is 45.1. The highest BCUT2D eigenvalue weighted by Crippen LogP contribution is 2.49. The van der Waals surface area contributed by atoms with Gasteiger partial charge < -0.3 is 39.2 Å². The predicted molar refractivity (Wildman–Crippen MR) is 246 cm³/mol. The van der Waals surface area contributed by atoms with E-state index in [0.717, 1.165) is 26.2 Å². The van der Waals surface area contributed by atoms with E-state index in [2.05, 4.69) is 36.8 Å². The molecule has 7 aromatic rings. The first-order chi connectivity index (χ1) is 31.5. The van der Waals surface area contributed by atoms with Crippen LogP contribution in [-0.2, 0) is 17.8 Å². The number of nitrogens with zero attached hydrogens (tertiary/aromatic N) is 6. The number of likely N-dealkylation sites (N-methyl/N-ethyl adjacent to an activating group) is 1. The number of piperazine rings is 1. The maximum absolute atomic E-state index is 14.3. The van der Waals surface area contributed by atoms with Gasteiger partial charge >= 0.3 is 5.97 Å². The number of phenols is 1. The van der Waals surface area contributed by atoms with E-state index in [1.807, 2.05) is 37.3 Å². The molecule has 336 valence electrons. The zero-order valence-electron chi connectivity index (χ0n) is 35.8. The first-order valence-corrected chi connectivity index (χ1v) is 22.0. The molecule has 3 aromatic heterocycles. The van der Waals surface area contributed by atoms with Gasteiger partial charge in [0.05, 0.1) is 35.4 Å². The highest BCUT2D eigenvalue weighted by atomic mass is 35.5. The number of fused-ring (bicyclic) bond motifs is 1. The number of aliphatic hydroxyl groups is 1. The molecular weight excluding hydrogens is 875 g/mol. The molecule has 0 aliphatic carbocycles. The number of carboxylic acid groups (broad SMARTS) is 1. The van der Waals surface area contributed by atoms with Gasteiger partial charge in [0.25, 0.3) is 0 Å². The molecule has 17 heteroatoms. The third-order valence-electron chi connectivity index (χ3n) is 11.2. The summed E-state index contributed by atoms with van der Waals surface area (Å²) in [5.74, 6) is -0.0818. The Kier molecular flexibility index (Phi) is 14.0. The Morgan fingerprint density at radius 3 is 2.45 bits per heavy atom. The largest absolute Gasteiger partial charge is 0.508 e. The van der Waals surface area contributed by atoms with Gasteiger partial charge in [-0.1, -0.05) is 41.9 Å². The molecule has 2 atom stereocenters. The summed E-state index contributed by atoms with van der Waals surface area (Å²) in [5.41, 5.74) is 4.16. The minimum absolute atomic E-state index is 0.000650. The van der Waals surface area contributed by atoms with Crippen LogP contribution >= 0.6 is 22.9 Å². The van der Waals surface area contributed by atoms with Crippen LogP contribution in [0.4, 0.5) is 4.39 Å². The Balaban J connectivity index is 1.11. The number of benzene rings is 4. The van der Waals surface area contributed by atoms with Crippen molar-refractivity contribution in [3.63, 3.8) is 0 Å². The average Bonchev–Trinajstić information content (AvgIpc) is 3.71. The van der Waals surface area contributed by atoms with Crippen LogP contribution in [0.1, 0.15) is 16.8 Å². The number of rotatable bonds is 17. The fourth-order valence-electron chi connectivity index (χ4n) is 7.68. The zero-order valence-corrected chi connectivity index (χ0v) is 37.4. The summed E-state index contributed by atoms with van der Waals surface area (Å²) in [4.78, 5) is 36.8. The maximum atomic E-state index is 14.3. The van der Waals surface area contributed by atoms with Crippen molar-refractivity contribution in [2.45, 2.75) is 32.2 Å². The molecule has 1 aliphatic heterocycles. The summed E-state index contributed by atoms with van der Waals surface area (Å²) in [6.45, 7) is 5.71. The third kappa shape index (κ3) is 10.3. The molecule has 0 spiro atoms. The van der Waals surface area contributed by atoms with E-state index in [-0.39, 0.29) is 31.3 Å². The van der Waals surface area contributed by atoms with Gasteiger partial charge in [-0.15, -0.1) is 11.3 Å². The van der Waals surface area contributed by atoms with Gasteiger partial charge in [-0.25, -0.2) is 29.1 Å². The molecule has 4 heterocycles. The van der Waals surface area contributed by atoms with Crippen LogP contribution in [0.25, 0.3) is 43.2 Å². The van der Waals surface area contributed by atoms with Crippen molar-refractivity contribution in [2.24, 2.45) is 0 Å². The normalized spacial score (nSPS) is 14.2. The fourth-order valence-corrected chi connectivity index (χ4v) is 9.04. The number of aliphatic carboxylic acids is 1. The van der Waals surface area contributed by atoms with Crippen LogP contribution in [0.3, 0.4) is 0 Å². The van der Waals surface area contributed by atoms with E-state index in [1.165, 1.54) is 41.9 Å². The molecule has 0 radical (unpaired) electrons. The van der Waals surface area contributed by atoms with E-state index in [4.69, 9.17) is 30.5 Å². The van der Waals surface area contributed by atoms with Crippen molar-refractivity contribution < 1.29 is 43.5 Å². The van der Waals surface area contributed by atoms with Crippen molar-refractivity contribution in [1.29, 1.82) is 0 Å². The van der Waals surface area contributed by atoms with E-state index in [0.29, 0.717) is 88.8 Å². The summed E-state index contributed by atoms with van der Waals surface area (Å²) in [5, 5.41) is 32.3. The number of para-hydroxylation sites is 1. The van der Waals surface area contributed by atoms with Gasteiger partial charge in [0.15, 0.2) is 5.82 Å². The molecule has 14 nitrogen and oxygen atoms in total. The maximum Gasteiger partial charge on any atom is 0.345 e. The number of thiophene rings is 1. The molecule has 4 aromatic carbocycles. The van der Waals surface area contributed by atoms with Gasteiger partial charge in [-0.2, -0.15) is 0 Å². The Bertz CT molecular complexity index is 2810. The minimum Gasteiger partial charge on any atom is -0.508 e. The second-order valence-corrected chi connectivity index (χ2v) is 16.9. The second kappa shape index (κ2) is 20.2. The number of ether oxygens (including phenoxy) is 4. The topological polar surface area (TPSA) is 173 Å². The number of methoxy groups -OCH3 is 1. The SMILES string of the molecule is COc1ccccc1-c1nccc(COc2ccc(O)cc2CC(Oc2ncnc3sc(-c4ccc(F)cc4)c(-c4ccc(OC(CO)CN5CCN(C)CC5)c(Cl)c4C)c23)C(=O)O)n1. The van der Waals surface area contributed by atoms with E-state index in [9.17, 15) is 24.5 Å². The number of aromatic nitrogens is 4. The monoisotopic (exact) mass is 920 g/mol. The summed E-state index contributed by atoms with van der Waals surface area (Å²) in [7, 11) is 3.65. The predicted octanol–water partition coefficient (Wildman–Crippen LogP) is 7.94. The Morgan fingerprint density at radius 1 is 0.923 bits per heavy atom. The summed E-state index contributed by atoms with van der Waals surface area (Å²) in [6.07, 6.45) is 0.625. The lowest BCUT2D eigenvalue weighted by atomic mass is 9.96. The van der Waals surface area contributed by atoms with Gasteiger partial charge in [0.2, 0.25) is 12.0 Å². The van der Waals surface area contributed by atoms with E-state index in [1.54, 1.807) is 43.6 Å². The molecule has 1 aliphatic rings. The van der Waals surface area contributed by atoms with Crippen LogP contribution in [0.2, 0.25) is 5.02 Å². The summed E-state index contributed by atoms with van der Waals surface area (Å²) < 4.78 is 38.6. The van der Waals surface area contributed by atoms with Crippen LogP contribution in [0.15, 0.2) is 97.5 Å². The van der Waals surface area contributed by atoms with E-state index >= 15 is 0 Å². The van der Waals surface area contributed by atoms with Gasteiger partial charge in [-0.05, 0) is 85.3 Å². The Hall–Kier alpha value is -6.43. The van der Waals surface area contributed by atoms with Crippen molar-refractivity contribution in [2.75, 3.05) is 53.5 Å². The van der Waals surface area contributed by atoms with Crippen molar-refractivity contribution in [3.05, 3.63) is 125 Å². The van der Waals surface area contributed by atoms with Crippen molar-refractivity contribution in [3.8, 4) is 61.8 Å². The quantitative estimate of drug-likeness (QED) is 0.0804. The molecule has 0 amide bonds. The smallest absolute Gasteiger partial charge is 0.345 e. The van der Waals surface area contributed by atoms with E-state index < -0.39 is 24.0 Å². The fraction of sp³-hybridized carbons (Fsp3) is 0.271. The standard InChI is InChI=1S/C48H46ClFN6O8S/c1-28-35(13-15-39(43(28)49)63-34(25-57)24-56-20-18-55(2)19-21-56)41-42-46(52-27-53-47(42)65-44(41)29-8-10-31(50)11-9-29)64-40(48(59)60)23-30-22-33(58)12-14-37(30)62-26-32-16-17-51-45(54-32)36-6-4-5-7-38(36)61-3/h4-17,22,27,34,40,57-58H,18-21,23-26H2,1-3H3,(H,59,60). The number of halogens is 2. The molecule has 1 fully saturated rings. The van der Waals surface area contributed by atoms with Gasteiger partial charge in [0, 0.05) is 61.3 Å². The number of hydrogen-bond donors (Lipinski definition) is 3. The number of aliphatic hydroxyl groups excluding tert-OH is 1. The summed E-state index contributed by atoms with van der Waals surface area (Å²) in [6, 6.07) is 23.1. The lowest BCUT2D eigenvalue weighted by Gasteiger charge is -2.34. The Morgan fingerprint density at radius 2 is 1.69 bits per heavy atom. The van der Waals surface area contributed by atoms with Crippen molar-refractivity contribution >= 4 is 39.1 Å². The third-order valence-corrected chi connectivity index (χ3v) is 12.8. The van der Waals surface area contributed by atoms with Gasteiger partial charge in [0.1, 0.15) is 52.7 Å². The molecule has 1 saturated heterocycles. The molecule has 2 unspecified atom stereocenters. The molecule has 3 N–H and O–H groups in total. The van der Waals surface area contributed by atoms with Crippen LogP contribution in [-0.4, -0.2) is 117 Å². The summed E-state index contributed by atoms with van der Waals surface area (Å²) >= 11 is 8.39. The molecule has 0 saturated carbocycles. The van der Waals surface area contributed by atoms with Crippen LogP contribution < -0.4 is 18.9 Å². The number of phenolic OH excluding ortho intramolecular Hbond substituents is 1.